The van der Waals surface area contributed by atoms with E-state index in [1.165, 1.54) is 0 Å². The number of nitrogens with zero attached hydrogens (tertiary/aromatic N) is 2. The average molecular weight is 282 g/mol. The van der Waals surface area contributed by atoms with E-state index in [1.54, 1.807) is 18.3 Å². The smallest absolute Gasteiger partial charge is 0.159 e. The third-order valence-corrected chi connectivity index (χ3v) is 4.21. The minimum absolute atomic E-state index is 0.580. The van der Waals surface area contributed by atoms with Crippen LogP contribution in [0.15, 0.2) is 18.3 Å². The standard InChI is InChI=1S/C11H8ClN3S2/c12-7-2-1-3-13-9(7)10-14-8-5-17-4-6(8)11(16)15-10/h1-3H,4-5H2,(H,14,15,16). The van der Waals surface area contributed by atoms with Crippen molar-refractivity contribution in [3.8, 4) is 11.5 Å². The van der Waals surface area contributed by atoms with Crippen LogP contribution in [0.3, 0.4) is 0 Å². The van der Waals surface area contributed by atoms with Crippen LogP contribution >= 0.6 is 35.6 Å². The molecule has 1 aliphatic rings. The molecule has 0 unspecified atom stereocenters. The van der Waals surface area contributed by atoms with Gasteiger partial charge in [0.05, 0.1) is 5.02 Å². The van der Waals surface area contributed by atoms with Gasteiger partial charge in [-0.1, -0.05) is 23.8 Å². The lowest BCUT2D eigenvalue weighted by atomic mass is 10.2. The van der Waals surface area contributed by atoms with Crippen LogP contribution in [-0.2, 0) is 11.5 Å². The summed E-state index contributed by atoms with van der Waals surface area (Å²) in [6.07, 6.45) is 1.70. The second-order valence-corrected chi connectivity index (χ2v) is 5.45. The summed E-state index contributed by atoms with van der Waals surface area (Å²) in [7, 11) is 0. The molecule has 1 aliphatic heterocycles. The molecule has 2 aromatic rings. The second kappa shape index (κ2) is 4.40. The Labute approximate surface area is 113 Å². The van der Waals surface area contributed by atoms with Crippen LogP contribution in [0.2, 0.25) is 5.02 Å². The number of fused-ring (bicyclic) bond motifs is 1. The van der Waals surface area contributed by atoms with Crippen LogP contribution in [0.1, 0.15) is 11.3 Å². The molecule has 0 fully saturated rings. The predicted octanol–water partition coefficient (Wildman–Crippen LogP) is 3.60. The fourth-order valence-electron chi connectivity index (χ4n) is 1.74. The van der Waals surface area contributed by atoms with Crippen molar-refractivity contribution in [2.75, 3.05) is 0 Å². The zero-order valence-electron chi connectivity index (χ0n) is 8.74. The Kier molecular flexibility index (Phi) is 2.90. The highest BCUT2D eigenvalue weighted by Gasteiger charge is 2.17. The number of pyridine rings is 1. The minimum Gasteiger partial charge on any atom is -0.341 e. The van der Waals surface area contributed by atoms with Gasteiger partial charge in [-0.2, -0.15) is 11.8 Å². The van der Waals surface area contributed by atoms with Crippen LogP contribution < -0.4 is 0 Å². The number of hydrogen-bond acceptors (Lipinski definition) is 4. The van der Waals surface area contributed by atoms with E-state index in [4.69, 9.17) is 23.8 Å². The molecule has 0 bridgehead atoms. The van der Waals surface area contributed by atoms with Gasteiger partial charge in [0.15, 0.2) is 5.82 Å². The zero-order valence-corrected chi connectivity index (χ0v) is 11.1. The van der Waals surface area contributed by atoms with E-state index in [-0.39, 0.29) is 0 Å². The number of aromatic amines is 1. The highest BCUT2D eigenvalue weighted by molar-refractivity contribution is 7.98. The van der Waals surface area contributed by atoms with Crippen molar-refractivity contribution in [2.45, 2.75) is 11.5 Å². The first-order valence-electron chi connectivity index (χ1n) is 5.06. The van der Waals surface area contributed by atoms with Crippen molar-refractivity contribution < 1.29 is 0 Å². The molecular weight excluding hydrogens is 274 g/mol. The largest absolute Gasteiger partial charge is 0.341 e. The van der Waals surface area contributed by atoms with Gasteiger partial charge in [0.25, 0.3) is 0 Å². The maximum absolute atomic E-state index is 6.10. The molecule has 0 aliphatic carbocycles. The van der Waals surface area contributed by atoms with Crippen molar-refractivity contribution >= 4 is 35.6 Å². The number of thioether (sulfide) groups is 1. The Hall–Kier alpha value is -0.910. The molecule has 1 N–H and O–H groups in total. The molecule has 2 aromatic heterocycles. The molecule has 0 saturated heterocycles. The lowest BCUT2D eigenvalue weighted by Gasteiger charge is -2.05. The molecule has 0 saturated carbocycles. The summed E-state index contributed by atoms with van der Waals surface area (Å²) in [5.41, 5.74) is 2.94. The first-order valence-corrected chi connectivity index (χ1v) is 7.00. The van der Waals surface area contributed by atoms with Gasteiger partial charge in [-0.25, -0.2) is 4.98 Å². The third kappa shape index (κ3) is 1.99. The molecule has 3 nitrogen and oxygen atoms in total. The summed E-state index contributed by atoms with van der Waals surface area (Å²) >= 11 is 13.2. The highest BCUT2D eigenvalue weighted by Crippen LogP contribution is 2.31. The van der Waals surface area contributed by atoms with E-state index in [9.17, 15) is 0 Å². The Balaban J connectivity index is 2.20. The molecule has 6 heteroatoms. The summed E-state index contributed by atoms with van der Waals surface area (Å²) < 4.78 is 0.653. The van der Waals surface area contributed by atoms with Crippen molar-refractivity contribution in [2.24, 2.45) is 0 Å². The lowest BCUT2D eigenvalue weighted by Crippen LogP contribution is -1.98. The molecule has 86 valence electrons. The topological polar surface area (TPSA) is 41.6 Å². The van der Waals surface area contributed by atoms with E-state index in [0.29, 0.717) is 21.2 Å². The van der Waals surface area contributed by atoms with Crippen LogP contribution in [0.25, 0.3) is 11.5 Å². The molecule has 0 spiro atoms. The summed E-state index contributed by atoms with van der Waals surface area (Å²) in [5, 5.41) is 0.580. The minimum atomic E-state index is 0.580. The fourth-order valence-corrected chi connectivity index (χ4v) is 3.40. The zero-order chi connectivity index (χ0) is 11.8. The lowest BCUT2D eigenvalue weighted by molar-refractivity contribution is 1.04. The first-order chi connectivity index (χ1) is 8.25. The van der Waals surface area contributed by atoms with E-state index in [1.807, 2.05) is 11.8 Å². The van der Waals surface area contributed by atoms with Crippen molar-refractivity contribution in [3.63, 3.8) is 0 Å². The van der Waals surface area contributed by atoms with Crippen LogP contribution in [0.5, 0.6) is 0 Å². The highest BCUT2D eigenvalue weighted by atomic mass is 35.5. The summed E-state index contributed by atoms with van der Waals surface area (Å²) in [6.45, 7) is 0. The fraction of sp³-hybridized carbons (Fsp3) is 0.182. The van der Waals surface area contributed by atoms with Crippen molar-refractivity contribution in [1.29, 1.82) is 0 Å². The van der Waals surface area contributed by atoms with Crippen LogP contribution in [0, 0.1) is 4.64 Å². The van der Waals surface area contributed by atoms with Gasteiger partial charge >= 0.3 is 0 Å². The molecule has 3 rings (SSSR count). The van der Waals surface area contributed by atoms with Gasteiger partial charge < -0.3 is 4.98 Å². The number of rotatable bonds is 1. The third-order valence-electron chi connectivity index (χ3n) is 2.58. The molecule has 17 heavy (non-hydrogen) atoms. The van der Waals surface area contributed by atoms with Gasteiger partial charge in [0, 0.05) is 29.0 Å². The molecule has 0 amide bonds. The van der Waals surface area contributed by atoms with Crippen LogP contribution in [-0.4, -0.2) is 15.0 Å². The number of H-pyrrole nitrogens is 1. The summed E-state index contributed by atoms with van der Waals surface area (Å²) in [6, 6.07) is 3.59. The van der Waals surface area contributed by atoms with Gasteiger partial charge in [-0.3, -0.25) is 4.98 Å². The average Bonchev–Trinajstić information content (AvgIpc) is 2.78. The van der Waals surface area contributed by atoms with E-state index >= 15 is 0 Å². The molecule has 3 heterocycles. The quantitative estimate of drug-likeness (QED) is 0.811. The number of aromatic nitrogens is 3. The van der Waals surface area contributed by atoms with E-state index in [2.05, 4.69) is 15.0 Å². The Bertz CT molecular complexity index is 639. The van der Waals surface area contributed by atoms with Gasteiger partial charge in [0.1, 0.15) is 10.3 Å². The molecule has 0 aromatic carbocycles. The maximum Gasteiger partial charge on any atom is 0.159 e. The Morgan fingerprint density at radius 3 is 3.12 bits per heavy atom. The van der Waals surface area contributed by atoms with Crippen molar-refractivity contribution in [3.05, 3.63) is 39.3 Å². The number of halogens is 1. The second-order valence-electron chi connectivity index (χ2n) is 3.67. The monoisotopic (exact) mass is 281 g/mol. The maximum atomic E-state index is 6.10. The predicted molar refractivity (Wildman–Crippen MR) is 72.7 cm³/mol. The number of nitrogens with one attached hydrogen (secondary N) is 1. The number of hydrogen-bond donors (Lipinski definition) is 1. The molecular formula is C11H8ClN3S2. The molecule has 0 atom stereocenters. The van der Waals surface area contributed by atoms with E-state index < -0.39 is 0 Å². The SMILES string of the molecule is S=c1nc(-c2ncccc2Cl)[nH]c2c1CSC2. The van der Waals surface area contributed by atoms with Gasteiger partial charge in [-0.05, 0) is 12.1 Å². The summed E-state index contributed by atoms with van der Waals surface area (Å²) in [5.74, 6) is 2.54. The van der Waals surface area contributed by atoms with Gasteiger partial charge in [-0.15, -0.1) is 0 Å². The van der Waals surface area contributed by atoms with Crippen LogP contribution in [0.4, 0.5) is 0 Å². The van der Waals surface area contributed by atoms with E-state index in [0.717, 1.165) is 22.8 Å². The van der Waals surface area contributed by atoms with Gasteiger partial charge in [0.2, 0.25) is 0 Å². The van der Waals surface area contributed by atoms with Crippen molar-refractivity contribution in [1.82, 2.24) is 15.0 Å². The first kappa shape index (κ1) is 11.2. The normalized spacial score (nSPS) is 13.7. The Morgan fingerprint density at radius 2 is 2.29 bits per heavy atom. The molecule has 0 radical (unpaired) electrons. The Morgan fingerprint density at radius 1 is 1.41 bits per heavy atom. The summed E-state index contributed by atoms with van der Waals surface area (Å²) in [4.78, 5) is 11.9.